The van der Waals surface area contributed by atoms with Gasteiger partial charge in [-0.3, -0.25) is 0 Å². The molecule has 0 amide bonds. The predicted molar refractivity (Wildman–Crippen MR) is 105 cm³/mol. The maximum atomic E-state index is 6.23. The molecule has 0 spiro atoms. The molecular formula is C22H38O3. The molecule has 25 heavy (non-hydrogen) atoms. The summed E-state index contributed by atoms with van der Waals surface area (Å²) < 4.78 is 18.7. The summed E-state index contributed by atoms with van der Waals surface area (Å²) in [7, 11) is 0. The number of ether oxygens (including phenoxy) is 3. The Bertz CT molecular complexity index is 374. The van der Waals surface area contributed by atoms with Crippen molar-refractivity contribution in [3.63, 3.8) is 0 Å². The zero-order chi connectivity index (χ0) is 18.2. The van der Waals surface area contributed by atoms with Crippen LogP contribution in [0.4, 0.5) is 0 Å². The summed E-state index contributed by atoms with van der Waals surface area (Å²) in [5.41, 5.74) is 0.958. The first-order valence-electron chi connectivity index (χ1n) is 10.3. The van der Waals surface area contributed by atoms with Crippen molar-refractivity contribution in [2.24, 2.45) is 0 Å². The van der Waals surface area contributed by atoms with Gasteiger partial charge in [-0.15, -0.1) is 0 Å². The lowest BCUT2D eigenvalue weighted by atomic mass is 10.1. The van der Waals surface area contributed by atoms with Crippen molar-refractivity contribution in [2.45, 2.75) is 84.5 Å². The summed E-state index contributed by atoms with van der Waals surface area (Å²) in [6.07, 6.45) is 10.1. The van der Waals surface area contributed by atoms with Crippen molar-refractivity contribution in [2.75, 3.05) is 19.8 Å². The molecular weight excluding hydrogens is 312 g/mol. The minimum atomic E-state index is -1.06. The molecule has 0 radical (unpaired) electrons. The van der Waals surface area contributed by atoms with E-state index in [1.54, 1.807) is 0 Å². The highest BCUT2D eigenvalue weighted by Gasteiger charge is 2.36. The maximum absolute atomic E-state index is 6.23. The highest BCUT2D eigenvalue weighted by molar-refractivity contribution is 5.18. The quantitative estimate of drug-likeness (QED) is 0.254. The Kier molecular flexibility index (Phi) is 12.7. The second kappa shape index (κ2) is 14.3. The van der Waals surface area contributed by atoms with Gasteiger partial charge in [0.1, 0.15) is 0 Å². The van der Waals surface area contributed by atoms with Crippen LogP contribution in [0.5, 0.6) is 0 Å². The van der Waals surface area contributed by atoms with E-state index in [-0.39, 0.29) is 0 Å². The molecule has 3 heteroatoms. The maximum Gasteiger partial charge on any atom is 0.311 e. The first-order valence-corrected chi connectivity index (χ1v) is 10.3. The Morgan fingerprint density at radius 3 is 1.36 bits per heavy atom. The van der Waals surface area contributed by atoms with Crippen molar-refractivity contribution in [3.05, 3.63) is 35.9 Å². The Morgan fingerprint density at radius 2 is 1.00 bits per heavy atom. The van der Waals surface area contributed by atoms with Crippen LogP contribution in [0.3, 0.4) is 0 Å². The van der Waals surface area contributed by atoms with E-state index in [4.69, 9.17) is 14.2 Å². The average molecular weight is 351 g/mol. The highest BCUT2D eigenvalue weighted by atomic mass is 16.9. The van der Waals surface area contributed by atoms with Gasteiger partial charge in [0, 0.05) is 5.56 Å². The van der Waals surface area contributed by atoms with E-state index in [2.05, 4.69) is 20.8 Å². The lowest BCUT2D eigenvalue weighted by Crippen LogP contribution is -2.37. The Labute approximate surface area is 155 Å². The van der Waals surface area contributed by atoms with Crippen LogP contribution in [0.15, 0.2) is 30.3 Å². The van der Waals surface area contributed by atoms with Crippen molar-refractivity contribution in [1.82, 2.24) is 0 Å². The summed E-state index contributed by atoms with van der Waals surface area (Å²) in [4.78, 5) is 0. The van der Waals surface area contributed by atoms with Crippen LogP contribution in [0.25, 0.3) is 0 Å². The predicted octanol–water partition coefficient (Wildman–Crippen LogP) is 6.42. The third-order valence-corrected chi connectivity index (χ3v) is 4.25. The van der Waals surface area contributed by atoms with Gasteiger partial charge in [0.2, 0.25) is 0 Å². The van der Waals surface area contributed by atoms with Crippen molar-refractivity contribution in [3.8, 4) is 0 Å². The van der Waals surface area contributed by atoms with Gasteiger partial charge in [0.05, 0.1) is 19.8 Å². The molecule has 0 unspecified atom stereocenters. The van der Waals surface area contributed by atoms with Crippen LogP contribution in [0.1, 0.15) is 84.1 Å². The number of benzene rings is 1. The van der Waals surface area contributed by atoms with Gasteiger partial charge >= 0.3 is 5.97 Å². The standard InChI is InChI=1S/C22H38O3/c1-4-7-13-18-23-22(24-19-14-8-5-2,25-20-15-9-6-3)21-16-11-10-12-17-21/h10-12,16-17H,4-9,13-15,18-20H2,1-3H3. The average Bonchev–Trinajstić information content (AvgIpc) is 2.66. The van der Waals surface area contributed by atoms with Crippen LogP contribution in [-0.2, 0) is 20.2 Å². The highest BCUT2D eigenvalue weighted by Crippen LogP contribution is 2.30. The van der Waals surface area contributed by atoms with E-state index in [9.17, 15) is 0 Å². The zero-order valence-corrected chi connectivity index (χ0v) is 16.6. The molecule has 0 saturated heterocycles. The lowest BCUT2D eigenvalue weighted by molar-refractivity contribution is -0.394. The fraction of sp³-hybridized carbons (Fsp3) is 0.727. The Hall–Kier alpha value is -0.900. The van der Waals surface area contributed by atoms with Gasteiger partial charge in [0.25, 0.3) is 0 Å². The molecule has 0 N–H and O–H groups in total. The van der Waals surface area contributed by atoms with Crippen LogP contribution in [0.2, 0.25) is 0 Å². The molecule has 0 aliphatic carbocycles. The third-order valence-electron chi connectivity index (χ3n) is 4.25. The van der Waals surface area contributed by atoms with Crippen LogP contribution in [0, 0.1) is 0 Å². The largest absolute Gasteiger partial charge is 0.324 e. The monoisotopic (exact) mass is 350 g/mol. The normalized spacial score (nSPS) is 11.8. The first kappa shape index (κ1) is 22.1. The molecule has 0 heterocycles. The van der Waals surface area contributed by atoms with Gasteiger partial charge in [-0.25, -0.2) is 0 Å². The number of unbranched alkanes of at least 4 members (excludes halogenated alkanes) is 6. The minimum Gasteiger partial charge on any atom is -0.324 e. The van der Waals surface area contributed by atoms with Gasteiger partial charge < -0.3 is 14.2 Å². The summed E-state index contributed by atoms with van der Waals surface area (Å²) >= 11 is 0. The van der Waals surface area contributed by atoms with Crippen molar-refractivity contribution >= 4 is 0 Å². The van der Waals surface area contributed by atoms with E-state index in [1.807, 2.05) is 30.3 Å². The van der Waals surface area contributed by atoms with Crippen LogP contribution >= 0.6 is 0 Å². The number of hydrogen-bond acceptors (Lipinski definition) is 3. The third kappa shape index (κ3) is 8.84. The van der Waals surface area contributed by atoms with E-state index in [1.165, 1.54) is 19.3 Å². The smallest absolute Gasteiger partial charge is 0.311 e. The van der Waals surface area contributed by atoms with Crippen molar-refractivity contribution in [1.29, 1.82) is 0 Å². The fourth-order valence-electron chi connectivity index (χ4n) is 2.69. The van der Waals surface area contributed by atoms with Gasteiger partial charge in [-0.05, 0) is 19.3 Å². The van der Waals surface area contributed by atoms with E-state index < -0.39 is 5.97 Å². The van der Waals surface area contributed by atoms with Gasteiger partial charge in [-0.2, -0.15) is 0 Å². The zero-order valence-electron chi connectivity index (χ0n) is 16.6. The van der Waals surface area contributed by atoms with E-state index >= 15 is 0 Å². The molecule has 3 nitrogen and oxygen atoms in total. The Morgan fingerprint density at radius 1 is 0.600 bits per heavy atom. The topological polar surface area (TPSA) is 27.7 Å². The molecule has 0 saturated carbocycles. The molecule has 1 aromatic carbocycles. The molecule has 1 rings (SSSR count). The van der Waals surface area contributed by atoms with Crippen LogP contribution in [-0.4, -0.2) is 19.8 Å². The fourth-order valence-corrected chi connectivity index (χ4v) is 2.69. The lowest BCUT2D eigenvalue weighted by Gasteiger charge is -2.34. The first-order chi connectivity index (χ1) is 12.3. The molecule has 0 fully saturated rings. The molecule has 0 bridgehead atoms. The minimum absolute atomic E-state index is 0.657. The molecule has 0 aromatic heterocycles. The summed E-state index contributed by atoms with van der Waals surface area (Å²) in [5, 5.41) is 0. The summed E-state index contributed by atoms with van der Waals surface area (Å²) in [6.45, 7) is 8.58. The van der Waals surface area contributed by atoms with E-state index in [0.717, 1.165) is 44.1 Å². The molecule has 0 aliphatic heterocycles. The second-order valence-electron chi connectivity index (χ2n) is 6.59. The molecule has 144 valence electrons. The Balaban J connectivity index is 2.82. The summed E-state index contributed by atoms with van der Waals surface area (Å²) in [6, 6.07) is 10.1. The van der Waals surface area contributed by atoms with Gasteiger partial charge in [-0.1, -0.05) is 89.6 Å². The van der Waals surface area contributed by atoms with E-state index in [0.29, 0.717) is 19.8 Å². The SMILES string of the molecule is CCCCCOC(OCCCCC)(OCCCCC)c1ccccc1. The van der Waals surface area contributed by atoms with Gasteiger partial charge in [0.15, 0.2) is 0 Å². The number of hydrogen-bond donors (Lipinski definition) is 0. The second-order valence-corrected chi connectivity index (χ2v) is 6.59. The molecule has 0 aliphatic rings. The summed E-state index contributed by atoms with van der Waals surface area (Å²) in [5.74, 6) is -1.06. The molecule has 0 atom stereocenters. The number of rotatable bonds is 16. The van der Waals surface area contributed by atoms with Crippen LogP contribution < -0.4 is 0 Å². The van der Waals surface area contributed by atoms with Crippen molar-refractivity contribution < 1.29 is 14.2 Å². The molecule has 1 aromatic rings.